The number of nitrogens with one attached hydrogen (secondary N) is 2. The predicted octanol–water partition coefficient (Wildman–Crippen LogP) is 4.45. The maximum Gasteiger partial charge on any atom is 0.314 e. The molecule has 2 unspecified atom stereocenters. The van der Waals surface area contributed by atoms with Crippen molar-refractivity contribution in [3.63, 3.8) is 0 Å². The Hall–Kier alpha value is -3.68. The number of urea groups is 1. The molecule has 2 atom stereocenters. The molecule has 2 saturated carbocycles. The summed E-state index contributed by atoms with van der Waals surface area (Å²) in [5, 5.41) is 29.6. The second-order valence-corrected chi connectivity index (χ2v) is 16.6. The van der Waals surface area contributed by atoms with E-state index >= 15 is 4.79 Å². The summed E-state index contributed by atoms with van der Waals surface area (Å²) in [6.07, 6.45) is 12.4. The van der Waals surface area contributed by atoms with Gasteiger partial charge in [-0.1, -0.05) is 70.3 Å². The van der Waals surface area contributed by atoms with Gasteiger partial charge in [-0.2, -0.15) is 10.5 Å². The van der Waals surface area contributed by atoms with E-state index in [0.29, 0.717) is 38.8 Å². The van der Waals surface area contributed by atoms with E-state index in [2.05, 4.69) is 27.7 Å². The van der Waals surface area contributed by atoms with Crippen molar-refractivity contribution in [3.05, 3.63) is 22.4 Å². The lowest BCUT2D eigenvalue weighted by Gasteiger charge is -2.49. The zero-order valence-corrected chi connectivity index (χ0v) is 31.1. The van der Waals surface area contributed by atoms with Crippen LogP contribution in [0.15, 0.2) is 17.5 Å². The van der Waals surface area contributed by atoms with Crippen LogP contribution < -0.4 is 16.4 Å². The molecule has 4 N–H and O–H groups in total. The van der Waals surface area contributed by atoms with Gasteiger partial charge in [-0.15, -0.1) is 11.3 Å². The molecule has 0 spiro atoms. The molecule has 2 aliphatic carbocycles. The lowest BCUT2D eigenvalue weighted by molar-refractivity contribution is -0.152. The number of hydrogen-bond donors (Lipinski definition) is 3. The molecular formula is C38H56N8O4S. The van der Waals surface area contributed by atoms with Crippen LogP contribution in [0.25, 0.3) is 0 Å². The molecule has 1 aromatic rings. The summed E-state index contributed by atoms with van der Waals surface area (Å²) in [6, 6.07) is 6.21. The third kappa shape index (κ3) is 9.81. The zero-order chi connectivity index (χ0) is 36.4. The predicted molar refractivity (Wildman–Crippen MR) is 195 cm³/mol. The van der Waals surface area contributed by atoms with Gasteiger partial charge in [-0.25, -0.2) is 4.79 Å². The second-order valence-electron chi connectivity index (χ2n) is 15.5. The molecule has 4 aliphatic rings. The summed E-state index contributed by atoms with van der Waals surface area (Å²) in [6.45, 7) is 1.62. The zero-order valence-electron chi connectivity index (χ0n) is 30.2. The fourth-order valence-corrected chi connectivity index (χ4v) is 9.48. The molecule has 12 nitrogen and oxygen atoms in total. The highest BCUT2D eigenvalue weighted by Gasteiger charge is 2.51. The molecule has 2 saturated heterocycles. The summed E-state index contributed by atoms with van der Waals surface area (Å²) < 4.78 is 0. The van der Waals surface area contributed by atoms with Crippen molar-refractivity contribution in [2.24, 2.45) is 17.6 Å². The maximum absolute atomic E-state index is 15.4. The lowest BCUT2D eigenvalue weighted by Crippen LogP contribution is -2.68. The number of nitrogens with zero attached hydrogens (tertiary/aromatic N) is 5. The van der Waals surface area contributed by atoms with E-state index in [4.69, 9.17) is 5.73 Å². The number of nitriles is 2. The minimum Gasteiger partial charge on any atom is -0.351 e. The summed E-state index contributed by atoms with van der Waals surface area (Å²) in [4.78, 5) is 61.8. The number of carbonyl (C=O) groups is 4. The topological polar surface area (TPSA) is 176 Å². The average molecular weight is 721 g/mol. The lowest BCUT2D eigenvalue weighted by atomic mass is 9.79. The molecule has 5 rings (SSSR count). The van der Waals surface area contributed by atoms with Crippen molar-refractivity contribution in [2.45, 2.75) is 132 Å². The largest absolute Gasteiger partial charge is 0.351 e. The van der Waals surface area contributed by atoms with Crippen LogP contribution in [0, 0.1) is 34.5 Å². The van der Waals surface area contributed by atoms with Crippen molar-refractivity contribution in [2.75, 3.05) is 33.2 Å². The van der Waals surface area contributed by atoms with E-state index in [-0.39, 0.29) is 56.0 Å². The van der Waals surface area contributed by atoms with Crippen LogP contribution in [-0.4, -0.2) is 94.8 Å². The Labute approximate surface area is 307 Å². The Morgan fingerprint density at radius 3 is 2.06 bits per heavy atom. The molecule has 278 valence electrons. The molecule has 2 aliphatic heterocycles. The summed E-state index contributed by atoms with van der Waals surface area (Å²) in [5.41, 5.74) is 3.01. The maximum atomic E-state index is 15.4. The normalized spacial score (nSPS) is 22.5. The first kappa shape index (κ1) is 38.5. The monoisotopic (exact) mass is 720 g/mol. The van der Waals surface area contributed by atoms with Gasteiger partial charge in [0.2, 0.25) is 17.7 Å². The quantitative estimate of drug-likeness (QED) is 0.286. The first-order valence-electron chi connectivity index (χ1n) is 19.1. The van der Waals surface area contributed by atoms with Crippen LogP contribution in [-0.2, 0) is 20.8 Å². The van der Waals surface area contributed by atoms with Gasteiger partial charge in [0.1, 0.15) is 23.2 Å². The molecule has 51 heavy (non-hydrogen) atoms. The van der Waals surface area contributed by atoms with Crippen molar-refractivity contribution in [1.29, 1.82) is 10.5 Å². The Morgan fingerprint density at radius 2 is 1.53 bits per heavy atom. The first-order valence-corrected chi connectivity index (χ1v) is 20.0. The van der Waals surface area contributed by atoms with E-state index in [1.165, 1.54) is 16.2 Å². The van der Waals surface area contributed by atoms with Crippen molar-refractivity contribution >= 4 is 35.1 Å². The van der Waals surface area contributed by atoms with Gasteiger partial charge >= 0.3 is 6.03 Å². The van der Waals surface area contributed by atoms with Crippen LogP contribution >= 0.6 is 11.3 Å². The van der Waals surface area contributed by atoms with Gasteiger partial charge in [0.05, 0.1) is 18.6 Å². The van der Waals surface area contributed by atoms with Crippen LogP contribution in [0.1, 0.15) is 108 Å². The van der Waals surface area contributed by atoms with Crippen molar-refractivity contribution < 1.29 is 19.2 Å². The van der Waals surface area contributed by atoms with E-state index in [0.717, 1.165) is 69.1 Å². The number of rotatable bonds is 12. The Balaban J connectivity index is 1.53. The van der Waals surface area contributed by atoms with Gasteiger partial charge in [0.15, 0.2) is 0 Å². The summed E-state index contributed by atoms with van der Waals surface area (Å²) in [5.74, 6) is -0.657. The first-order chi connectivity index (χ1) is 24.6. The van der Waals surface area contributed by atoms with Crippen LogP contribution in [0.5, 0.6) is 0 Å². The number of primary amides is 1. The van der Waals surface area contributed by atoms with Crippen LogP contribution in [0.2, 0.25) is 0 Å². The van der Waals surface area contributed by atoms with Gasteiger partial charge < -0.3 is 31.1 Å². The van der Waals surface area contributed by atoms with Crippen LogP contribution in [0.4, 0.5) is 4.79 Å². The number of amides is 5. The SMILES string of the molecule is CN1CCC(C#N)(N(C(=O)C(CC2CCCCC2)NC(=O)Cc2cccs2)C(CC2CCCCC2)C(=O)NC2(C#N)CCN(C(N)=O)CC2)CC1. The van der Waals surface area contributed by atoms with Gasteiger partial charge in [0.25, 0.3) is 0 Å². The smallest absolute Gasteiger partial charge is 0.314 e. The number of likely N-dealkylation sites (tertiary alicyclic amines) is 2. The Bertz CT molecular complexity index is 1430. The Morgan fingerprint density at radius 1 is 0.922 bits per heavy atom. The fraction of sp³-hybridized carbons (Fsp3) is 0.737. The molecule has 4 fully saturated rings. The molecule has 3 heterocycles. The van der Waals surface area contributed by atoms with Crippen molar-refractivity contribution in [1.82, 2.24) is 25.3 Å². The summed E-state index contributed by atoms with van der Waals surface area (Å²) in [7, 11) is 1.99. The number of carbonyl (C=O) groups excluding carboxylic acids is 4. The van der Waals surface area contributed by atoms with Gasteiger partial charge in [-0.3, -0.25) is 14.4 Å². The Kier molecular flexibility index (Phi) is 13.4. The highest BCUT2D eigenvalue weighted by atomic mass is 32.1. The average Bonchev–Trinajstić information content (AvgIpc) is 3.65. The molecule has 0 bridgehead atoms. The third-order valence-electron chi connectivity index (χ3n) is 12.0. The number of piperidine rings is 2. The van der Waals surface area contributed by atoms with E-state index < -0.39 is 35.1 Å². The second kappa shape index (κ2) is 17.7. The highest BCUT2D eigenvalue weighted by molar-refractivity contribution is 7.10. The molecule has 0 aromatic carbocycles. The molecule has 1 aromatic heterocycles. The van der Waals surface area contributed by atoms with E-state index in [1.807, 2.05) is 24.6 Å². The number of nitrogens with two attached hydrogens (primary N) is 1. The van der Waals surface area contributed by atoms with E-state index in [1.54, 1.807) is 4.90 Å². The van der Waals surface area contributed by atoms with Crippen LogP contribution in [0.3, 0.4) is 0 Å². The minimum absolute atomic E-state index is 0.152. The highest BCUT2D eigenvalue weighted by Crippen LogP contribution is 2.37. The van der Waals surface area contributed by atoms with Gasteiger partial charge in [-0.05, 0) is 56.0 Å². The number of hydrogen-bond acceptors (Lipinski definition) is 8. The standard InChI is InChI=1S/C38H56N8O4S/c1-44-18-16-38(27-40,17-19-44)46(35(49)31(23-28-9-4-2-5-10-28)42-33(47)25-30-13-8-22-51-30)32(24-29-11-6-3-7-12-29)34(48)43-37(26-39)14-20-45(21-15-37)36(41)50/h8,13,22,28-29,31-32H,2-7,9-12,14-21,23-25H2,1H3,(H2,41,50)(H,42,47)(H,43,48). The molecule has 0 radical (unpaired) electrons. The molecule has 13 heteroatoms. The third-order valence-corrected chi connectivity index (χ3v) is 12.8. The van der Waals surface area contributed by atoms with Gasteiger partial charge in [0, 0.05) is 43.9 Å². The van der Waals surface area contributed by atoms with E-state index in [9.17, 15) is 24.9 Å². The molecule has 5 amide bonds. The summed E-state index contributed by atoms with van der Waals surface area (Å²) >= 11 is 1.49. The fourth-order valence-electron chi connectivity index (χ4n) is 8.78. The van der Waals surface area contributed by atoms with Crippen molar-refractivity contribution in [3.8, 4) is 12.1 Å². The minimum atomic E-state index is -1.27. The molecular weight excluding hydrogens is 665 g/mol. The number of thiophene rings is 1.